The first-order chi connectivity index (χ1) is 8.99. The smallest absolute Gasteiger partial charge is 0.347 e. The van der Waals surface area contributed by atoms with E-state index >= 15 is 0 Å². The lowest BCUT2D eigenvalue weighted by Gasteiger charge is -2.04. The molecule has 0 saturated heterocycles. The van der Waals surface area contributed by atoms with Crippen molar-refractivity contribution in [3.63, 3.8) is 0 Å². The summed E-state index contributed by atoms with van der Waals surface area (Å²) in [5, 5.41) is 30.4. The number of carboxylic acid groups (broad SMARTS) is 1. The maximum atomic E-state index is 10.8. The number of rotatable bonds is 5. The zero-order valence-corrected chi connectivity index (χ0v) is 9.78. The number of hydrogen-bond donors (Lipinski definition) is 2. The molecule has 19 heavy (non-hydrogen) atoms. The van der Waals surface area contributed by atoms with E-state index in [0.717, 1.165) is 6.20 Å². The molecule has 0 fully saturated rings. The maximum Gasteiger partial charge on any atom is 0.347 e. The van der Waals surface area contributed by atoms with Crippen molar-refractivity contribution >= 4 is 17.3 Å². The monoisotopic (exact) mass is 263 g/mol. The summed E-state index contributed by atoms with van der Waals surface area (Å²) in [6, 6.07) is 5.46. The molecule has 8 nitrogen and oxygen atoms in total. The highest BCUT2D eigenvalue weighted by Crippen LogP contribution is 2.29. The van der Waals surface area contributed by atoms with Crippen LogP contribution in [-0.2, 0) is 4.79 Å². The number of carbonyl (C=O) groups is 1. The molecule has 0 aliphatic heterocycles. The number of nitriles is 1. The van der Waals surface area contributed by atoms with Gasteiger partial charge in [-0.3, -0.25) is 10.1 Å². The van der Waals surface area contributed by atoms with Gasteiger partial charge in [0.05, 0.1) is 12.0 Å². The molecule has 0 aliphatic carbocycles. The van der Waals surface area contributed by atoms with Gasteiger partial charge >= 0.3 is 11.7 Å². The number of nitro groups is 1. The third-order valence-corrected chi connectivity index (χ3v) is 2.11. The Bertz CT molecular complexity index is 588. The van der Waals surface area contributed by atoms with Gasteiger partial charge in [0, 0.05) is 18.0 Å². The molecule has 0 spiro atoms. The maximum absolute atomic E-state index is 10.8. The lowest BCUT2D eigenvalue weighted by Crippen LogP contribution is -2.01. The highest BCUT2D eigenvalue weighted by Gasteiger charge is 2.15. The van der Waals surface area contributed by atoms with E-state index in [-0.39, 0.29) is 17.1 Å². The van der Waals surface area contributed by atoms with Crippen molar-refractivity contribution in [1.29, 1.82) is 5.26 Å². The average Bonchev–Trinajstić information content (AvgIpc) is 2.38. The summed E-state index contributed by atoms with van der Waals surface area (Å²) in [5.74, 6) is -1.31. The number of nitro benzene ring substituents is 1. The van der Waals surface area contributed by atoms with Crippen molar-refractivity contribution in [3.8, 4) is 11.8 Å². The van der Waals surface area contributed by atoms with E-state index in [1.807, 2.05) is 0 Å². The molecule has 1 aromatic rings. The zero-order chi connectivity index (χ0) is 14.4. The van der Waals surface area contributed by atoms with E-state index in [1.165, 1.54) is 31.4 Å². The van der Waals surface area contributed by atoms with Crippen LogP contribution in [-0.4, -0.2) is 23.1 Å². The van der Waals surface area contributed by atoms with Crippen LogP contribution in [0.4, 0.5) is 11.4 Å². The number of hydrogen-bond acceptors (Lipinski definition) is 6. The van der Waals surface area contributed by atoms with Gasteiger partial charge in [0.15, 0.2) is 11.3 Å². The van der Waals surface area contributed by atoms with Gasteiger partial charge in [0.2, 0.25) is 0 Å². The Kier molecular flexibility index (Phi) is 4.43. The first-order valence-electron chi connectivity index (χ1n) is 4.92. The molecule has 2 N–H and O–H groups in total. The van der Waals surface area contributed by atoms with Gasteiger partial charge in [-0.2, -0.15) is 5.26 Å². The summed E-state index contributed by atoms with van der Waals surface area (Å²) in [6.45, 7) is 0. The van der Waals surface area contributed by atoms with Gasteiger partial charge in [-0.05, 0) is 12.1 Å². The SMILES string of the molecule is COc1ccc(N/C=C(/C#N)C(=O)O)cc1[N+](=O)[O-]. The Hall–Kier alpha value is -3.08. The Morgan fingerprint density at radius 1 is 1.63 bits per heavy atom. The molecule has 0 amide bonds. The van der Waals surface area contributed by atoms with E-state index in [9.17, 15) is 14.9 Å². The van der Waals surface area contributed by atoms with Crippen LogP contribution in [0.1, 0.15) is 0 Å². The zero-order valence-electron chi connectivity index (χ0n) is 9.78. The van der Waals surface area contributed by atoms with E-state index in [2.05, 4.69) is 5.32 Å². The van der Waals surface area contributed by atoms with E-state index in [4.69, 9.17) is 15.1 Å². The van der Waals surface area contributed by atoms with Crippen LogP contribution < -0.4 is 10.1 Å². The second-order valence-corrected chi connectivity index (χ2v) is 3.26. The van der Waals surface area contributed by atoms with Crippen molar-refractivity contribution in [2.75, 3.05) is 12.4 Å². The molecule has 1 aromatic carbocycles. The molecule has 0 bridgehead atoms. The summed E-state index contributed by atoms with van der Waals surface area (Å²) < 4.78 is 4.82. The van der Waals surface area contributed by atoms with Gasteiger partial charge in [-0.15, -0.1) is 0 Å². The second kappa shape index (κ2) is 6.02. The van der Waals surface area contributed by atoms with Crippen LogP contribution in [0.5, 0.6) is 5.75 Å². The van der Waals surface area contributed by atoms with Crippen LogP contribution in [0.2, 0.25) is 0 Å². The van der Waals surface area contributed by atoms with Gasteiger partial charge in [0.25, 0.3) is 0 Å². The molecule has 8 heteroatoms. The molecule has 1 rings (SSSR count). The number of benzene rings is 1. The average molecular weight is 263 g/mol. The predicted octanol–water partition coefficient (Wildman–Crippen LogP) is 1.51. The number of nitrogens with one attached hydrogen (secondary N) is 1. The predicted molar refractivity (Wildman–Crippen MR) is 64.6 cm³/mol. The van der Waals surface area contributed by atoms with Crippen LogP contribution >= 0.6 is 0 Å². The van der Waals surface area contributed by atoms with Crippen LogP contribution in [0.3, 0.4) is 0 Å². The quantitative estimate of drug-likeness (QED) is 0.357. The van der Waals surface area contributed by atoms with Crippen LogP contribution in [0.15, 0.2) is 30.0 Å². The van der Waals surface area contributed by atoms with Crippen LogP contribution in [0.25, 0.3) is 0 Å². The minimum atomic E-state index is -1.39. The first-order valence-corrected chi connectivity index (χ1v) is 4.92. The van der Waals surface area contributed by atoms with E-state index in [1.54, 1.807) is 0 Å². The second-order valence-electron chi connectivity index (χ2n) is 3.26. The molecule has 0 atom stereocenters. The van der Waals surface area contributed by atoms with Crippen molar-refractivity contribution in [1.82, 2.24) is 0 Å². The van der Waals surface area contributed by atoms with Gasteiger partial charge in [-0.1, -0.05) is 0 Å². The molecule has 0 aliphatic rings. The molecule has 0 unspecified atom stereocenters. The number of aliphatic carboxylic acids is 1. The molecule has 98 valence electrons. The first kappa shape index (κ1) is 14.0. The number of methoxy groups -OCH3 is 1. The third-order valence-electron chi connectivity index (χ3n) is 2.11. The Labute approximate surface area is 107 Å². The standard InChI is InChI=1S/C11H9N3O5/c1-19-10-3-2-8(4-9(10)14(17)18)13-6-7(5-12)11(15)16/h2-4,6,13H,1H3,(H,15,16)/b7-6-. The molecule has 0 heterocycles. The van der Waals surface area contributed by atoms with Crippen molar-refractivity contribution in [2.45, 2.75) is 0 Å². The normalized spacial score (nSPS) is 10.4. The lowest BCUT2D eigenvalue weighted by molar-refractivity contribution is -0.385. The summed E-state index contributed by atoms with van der Waals surface area (Å²) in [6.07, 6.45) is 0.952. The highest BCUT2D eigenvalue weighted by molar-refractivity contribution is 5.91. The third kappa shape index (κ3) is 3.44. The Morgan fingerprint density at radius 2 is 2.32 bits per heavy atom. The number of ether oxygens (including phenoxy) is 1. The topological polar surface area (TPSA) is 125 Å². The van der Waals surface area contributed by atoms with Gasteiger partial charge in [0.1, 0.15) is 6.07 Å². The lowest BCUT2D eigenvalue weighted by atomic mass is 10.2. The highest BCUT2D eigenvalue weighted by atomic mass is 16.6. The fraction of sp³-hybridized carbons (Fsp3) is 0.0909. The van der Waals surface area contributed by atoms with E-state index < -0.39 is 16.5 Å². The summed E-state index contributed by atoms with van der Waals surface area (Å²) in [4.78, 5) is 20.7. The van der Waals surface area contributed by atoms with Crippen molar-refractivity contribution < 1.29 is 19.6 Å². The largest absolute Gasteiger partial charge is 0.490 e. The number of anilines is 1. The van der Waals surface area contributed by atoms with Gasteiger partial charge in [-0.25, -0.2) is 4.79 Å². The molecular weight excluding hydrogens is 254 g/mol. The van der Waals surface area contributed by atoms with Crippen molar-refractivity contribution in [3.05, 3.63) is 40.1 Å². The number of carboxylic acids is 1. The number of nitrogens with zero attached hydrogens (tertiary/aromatic N) is 2. The minimum absolute atomic E-state index is 0.0817. The van der Waals surface area contributed by atoms with Crippen LogP contribution in [0, 0.1) is 21.4 Å². The molecule has 0 aromatic heterocycles. The molecule has 0 radical (unpaired) electrons. The Balaban J connectivity index is 3.05. The molecular formula is C11H9N3O5. The van der Waals surface area contributed by atoms with Crippen molar-refractivity contribution in [2.24, 2.45) is 0 Å². The van der Waals surface area contributed by atoms with E-state index in [0.29, 0.717) is 0 Å². The summed E-state index contributed by atoms with van der Waals surface area (Å²) in [5.41, 5.74) is -0.519. The summed E-state index contributed by atoms with van der Waals surface area (Å²) >= 11 is 0. The Morgan fingerprint density at radius 3 is 2.79 bits per heavy atom. The fourth-order valence-corrected chi connectivity index (χ4v) is 1.22. The van der Waals surface area contributed by atoms with Gasteiger partial charge < -0.3 is 15.2 Å². The summed E-state index contributed by atoms with van der Waals surface area (Å²) in [7, 11) is 1.30. The molecule has 0 saturated carbocycles. The fourth-order valence-electron chi connectivity index (χ4n) is 1.22. The minimum Gasteiger partial charge on any atom is -0.490 e.